The number of aryl methyl sites for hydroxylation is 3. The molecule has 17 heavy (non-hydrogen) atoms. The molecule has 0 bridgehead atoms. The lowest BCUT2D eigenvalue weighted by Crippen LogP contribution is -2.12. The van der Waals surface area contributed by atoms with Crippen LogP contribution < -0.4 is 0 Å². The summed E-state index contributed by atoms with van der Waals surface area (Å²) >= 11 is 0. The average molecular weight is 232 g/mol. The monoisotopic (exact) mass is 232 g/mol. The van der Waals surface area contributed by atoms with E-state index in [9.17, 15) is 4.79 Å². The van der Waals surface area contributed by atoms with E-state index in [1.807, 2.05) is 19.9 Å². The average Bonchev–Trinajstić information content (AvgIpc) is 3.07. The van der Waals surface area contributed by atoms with Crippen molar-refractivity contribution in [1.82, 2.24) is 0 Å². The molecular formula is C15H20O2. The largest absolute Gasteiger partial charge is 0.373 e. The molecular weight excluding hydrogens is 212 g/mol. The lowest BCUT2D eigenvalue weighted by molar-refractivity contribution is 0.0739. The first-order chi connectivity index (χ1) is 8.08. The number of carbonyl (C=O) groups is 1. The smallest absolute Gasteiger partial charge is 0.188 e. The van der Waals surface area contributed by atoms with Crippen LogP contribution >= 0.6 is 0 Å². The van der Waals surface area contributed by atoms with Gasteiger partial charge in [-0.3, -0.25) is 4.79 Å². The standard InChI is InChI=1S/C15H20O2/c1-10-6-12(3)14(7-11(10)2)15(16)9-17-8-13-4-5-13/h6-7,13H,4-5,8-9H2,1-3H3. The van der Waals surface area contributed by atoms with Crippen LogP contribution in [0.25, 0.3) is 0 Å². The third kappa shape index (κ3) is 3.16. The summed E-state index contributed by atoms with van der Waals surface area (Å²) in [4.78, 5) is 12.0. The molecule has 0 aliphatic heterocycles. The Hall–Kier alpha value is -1.15. The van der Waals surface area contributed by atoms with Gasteiger partial charge < -0.3 is 4.74 Å². The minimum Gasteiger partial charge on any atom is -0.373 e. The normalized spacial score (nSPS) is 15.0. The molecule has 0 heterocycles. The Labute approximate surface area is 103 Å². The number of ether oxygens (including phenoxy) is 1. The third-order valence-corrected chi connectivity index (χ3v) is 3.42. The fourth-order valence-electron chi connectivity index (χ4n) is 1.94. The van der Waals surface area contributed by atoms with Crippen LogP contribution in [0.4, 0.5) is 0 Å². The van der Waals surface area contributed by atoms with Gasteiger partial charge in [-0.15, -0.1) is 0 Å². The van der Waals surface area contributed by atoms with Crippen molar-refractivity contribution in [2.75, 3.05) is 13.2 Å². The van der Waals surface area contributed by atoms with E-state index in [4.69, 9.17) is 4.74 Å². The zero-order chi connectivity index (χ0) is 12.4. The van der Waals surface area contributed by atoms with E-state index in [1.165, 1.54) is 24.0 Å². The number of hydrogen-bond acceptors (Lipinski definition) is 2. The molecule has 1 aromatic rings. The lowest BCUT2D eigenvalue weighted by Gasteiger charge is -2.09. The predicted octanol–water partition coefficient (Wildman–Crippen LogP) is 3.22. The Morgan fingerprint density at radius 1 is 1.18 bits per heavy atom. The van der Waals surface area contributed by atoms with E-state index in [2.05, 4.69) is 13.0 Å². The zero-order valence-corrected chi connectivity index (χ0v) is 10.9. The summed E-state index contributed by atoms with van der Waals surface area (Å²) in [5.41, 5.74) is 4.26. The fraction of sp³-hybridized carbons (Fsp3) is 0.533. The number of ketones is 1. The van der Waals surface area contributed by atoms with Crippen LogP contribution in [0, 0.1) is 26.7 Å². The quantitative estimate of drug-likeness (QED) is 0.729. The summed E-state index contributed by atoms with van der Waals surface area (Å²) in [6.45, 7) is 7.06. The van der Waals surface area contributed by atoms with Gasteiger partial charge in [0.15, 0.2) is 5.78 Å². The molecule has 1 saturated carbocycles. The Kier molecular flexibility index (Phi) is 3.63. The van der Waals surface area contributed by atoms with Gasteiger partial charge in [0.25, 0.3) is 0 Å². The minimum atomic E-state index is 0.103. The van der Waals surface area contributed by atoms with Gasteiger partial charge in [-0.1, -0.05) is 6.07 Å². The third-order valence-electron chi connectivity index (χ3n) is 3.42. The summed E-state index contributed by atoms with van der Waals surface area (Å²) in [6.07, 6.45) is 2.52. The molecule has 92 valence electrons. The Morgan fingerprint density at radius 2 is 1.82 bits per heavy atom. The molecule has 0 radical (unpaired) electrons. The van der Waals surface area contributed by atoms with Gasteiger partial charge in [0.05, 0.1) is 6.61 Å². The first kappa shape index (κ1) is 12.3. The van der Waals surface area contributed by atoms with Crippen LogP contribution in [-0.2, 0) is 4.74 Å². The molecule has 0 atom stereocenters. The van der Waals surface area contributed by atoms with Crippen molar-refractivity contribution in [3.05, 3.63) is 34.4 Å². The van der Waals surface area contributed by atoms with Gasteiger partial charge in [0, 0.05) is 5.56 Å². The van der Waals surface area contributed by atoms with Gasteiger partial charge in [0.1, 0.15) is 6.61 Å². The number of carbonyl (C=O) groups excluding carboxylic acids is 1. The molecule has 1 aromatic carbocycles. The molecule has 2 heteroatoms. The van der Waals surface area contributed by atoms with E-state index in [0.29, 0.717) is 5.92 Å². The molecule has 2 rings (SSSR count). The molecule has 0 spiro atoms. The summed E-state index contributed by atoms with van der Waals surface area (Å²) < 4.78 is 5.45. The second kappa shape index (κ2) is 5.01. The lowest BCUT2D eigenvalue weighted by atomic mass is 9.98. The van der Waals surface area contributed by atoms with E-state index < -0.39 is 0 Å². The van der Waals surface area contributed by atoms with Crippen molar-refractivity contribution in [3.8, 4) is 0 Å². The summed E-state index contributed by atoms with van der Waals surface area (Å²) in [5.74, 6) is 0.815. The van der Waals surface area contributed by atoms with Gasteiger partial charge in [-0.25, -0.2) is 0 Å². The maximum atomic E-state index is 12.0. The highest BCUT2D eigenvalue weighted by Gasteiger charge is 2.21. The molecule has 1 aliphatic carbocycles. The van der Waals surface area contributed by atoms with Crippen LogP contribution in [0.1, 0.15) is 39.9 Å². The topological polar surface area (TPSA) is 26.3 Å². The highest BCUT2D eigenvalue weighted by atomic mass is 16.5. The molecule has 0 saturated heterocycles. The molecule has 0 aromatic heterocycles. The predicted molar refractivity (Wildman–Crippen MR) is 68.5 cm³/mol. The van der Waals surface area contributed by atoms with E-state index >= 15 is 0 Å². The second-order valence-corrected chi connectivity index (χ2v) is 5.13. The number of Topliss-reactive ketones (excluding diaryl/α,β-unsaturated/α-hetero) is 1. The summed E-state index contributed by atoms with van der Waals surface area (Å²) in [5, 5.41) is 0. The van der Waals surface area contributed by atoms with Gasteiger partial charge in [-0.2, -0.15) is 0 Å². The number of benzene rings is 1. The molecule has 0 unspecified atom stereocenters. The number of hydrogen-bond donors (Lipinski definition) is 0. The van der Waals surface area contributed by atoms with Crippen molar-refractivity contribution in [3.63, 3.8) is 0 Å². The van der Waals surface area contributed by atoms with Gasteiger partial charge in [-0.05, 0) is 62.3 Å². The van der Waals surface area contributed by atoms with Crippen LogP contribution in [-0.4, -0.2) is 19.0 Å². The van der Waals surface area contributed by atoms with Gasteiger partial charge in [0.2, 0.25) is 0 Å². The van der Waals surface area contributed by atoms with E-state index in [0.717, 1.165) is 17.7 Å². The maximum Gasteiger partial charge on any atom is 0.188 e. The Bertz CT molecular complexity index is 431. The highest BCUT2D eigenvalue weighted by molar-refractivity contribution is 5.98. The van der Waals surface area contributed by atoms with Crippen LogP contribution in [0.2, 0.25) is 0 Å². The van der Waals surface area contributed by atoms with E-state index in [-0.39, 0.29) is 12.4 Å². The van der Waals surface area contributed by atoms with Gasteiger partial charge >= 0.3 is 0 Å². The number of rotatable bonds is 5. The van der Waals surface area contributed by atoms with Crippen molar-refractivity contribution < 1.29 is 9.53 Å². The first-order valence-corrected chi connectivity index (χ1v) is 6.26. The Morgan fingerprint density at radius 3 is 2.47 bits per heavy atom. The second-order valence-electron chi connectivity index (χ2n) is 5.13. The van der Waals surface area contributed by atoms with E-state index in [1.54, 1.807) is 0 Å². The summed E-state index contributed by atoms with van der Waals surface area (Å²) in [7, 11) is 0. The highest BCUT2D eigenvalue weighted by Crippen LogP contribution is 2.28. The fourth-order valence-corrected chi connectivity index (χ4v) is 1.94. The van der Waals surface area contributed by atoms with Crippen LogP contribution in [0.15, 0.2) is 12.1 Å². The van der Waals surface area contributed by atoms with Crippen molar-refractivity contribution in [2.24, 2.45) is 5.92 Å². The molecule has 1 aliphatic rings. The molecule has 0 amide bonds. The SMILES string of the molecule is Cc1cc(C)c(C(=O)COCC2CC2)cc1C. The molecule has 1 fully saturated rings. The van der Waals surface area contributed by atoms with Crippen molar-refractivity contribution in [2.45, 2.75) is 33.6 Å². The molecule has 2 nitrogen and oxygen atoms in total. The van der Waals surface area contributed by atoms with Crippen LogP contribution in [0.5, 0.6) is 0 Å². The molecule has 0 N–H and O–H groups in total. The van der Waals surface area contributed by atoms with Crippen LogP contribution in [0.3, 0.4) is 0 Å². The summed E-state index contributed by atoms with van der Waals surface area (Å²) in [6, 6.07) is 4.05. The van der Waals surface area contributed by atoms with Crippen molar-refractivity contribution >= 4 is 5.78 Å². The van der Waals surface area contributed by atoms with Crippen molar-refractivity contribution in [1.29, 1.82) is 0 Å². The first-order valence-electron chi connectivity index (χ1n) is 6.26. The Balaban J connectivity index is 1.99. The zero-order valence-electron chi connectivity index (χ0n) is 10.9. The maximum absolute atomic E-state index is 12.0. The minimum absolute atomic E-state index is 0.103.